The largest absolute Gasteiger partial charge is 0.461 e. The Labute approximate surface area is 444 Å². The van der Waals surface area contributed by atoms with Gasteiger partial charge in [0.1, 0.15) is 35.8 Å². The second-order valence-corrected chi connectivity index (χ2v) is 27.5. The van der Waals surface area contributed by atoms with Crippen molar-refractivity contribution in [1.82, 2.24) is 5.32 Å². The quantitative estimate of drug-likeness (QED) is 0.0452. The molecule has 2 N–H and O–H groups in total. The second kappa shape index (κ2) is 21.7. The highest BCUT2D eigenvalue weighted by Gasteiger charge is 2.78. The minimum atomic E-state index is -2.92. The lowest BCUT2D eigenvalue weighted by Gasteiger charge is -2.67. The first-order valence-electron chi connectivity index (χ1n) is 25.4. The molecule has 4 aliphatic rings. The molecule has 404 valence electrons. The number of esters is 5. The summed E-state index contributed by atoms with van der Waals surface area (Å²) in [4.78, 5) is 100. The molecule has 0 radical (unpaired) electrons. The van der Waals surface area contributed by atoms with Crippen molar-refractivity contribution in [1.29, 1.82) is 0 Å². The minimum Gasteiger partial charge on any atom is -0.461 e. The van der Waals surface area contributed by atoms with Crippen molar-refractivity contribution in [3.63, 3.8) is 0 Å². The Balaban J connectivity index is 1.41. The molecule has 1 saturated heterocycles. The molecule has 3 aromatic carbocycles. The fourth-order valence-electron chi connectivity index (χ4n) is 11.7. The third kappa shape index (κ3) is 10.7. The van der Waals surface area contributed by atoms with Crippen molar-refractivity contribution in [3.05, 3.63) is 119 Å². The lowest BCUT2D eigenvalue weighted by Crippen LogP contribution is -2.81. The van der Waals surface area contributed by atoms with Gasteiger partial charge in [-0.15, -0.1) is 0 Å². The first kappa shape index (κ1) is 57.0. The van der Waals surface area contributed by atoms with Gasteiger partial charge in [-0.3, -0.25) is 24.0 Å². The van der Waals surface area contributed by atoms with E-state index in [0.717, 1.165) is 0 Å². The zero-order valence-electron chi connectivity index (χ0n) is 44.6. The van der Waals surface area contributed by atoms with Gasteiger partial charge in [-0.1, -0.05) is 120 Å². The van der Waals surface area contributed by atoms with Crippen molar-refractivity contribution in [2.45, 2.75) is 154 Å². The Bertz CT molecular complexity index is 2690. The number of ether oxygens (including phenoxy) is 6. The third-order valence-electron chi connectivity index (χ3n) is 16.7. The van der Waals surface area contributed by atoms with E-state index in [0.29, 0.717) is 22.3 Å². The number of Topliss-reactive ketones (excluding diaryl/α,β-unsaturated/α-hetero) is 1. The molecule has 11 atom stereocenters. The van der Waals surface area contributed by atoms with Crippen LogP contribution in [0.5, 0.6) is 0 Å². The van der Waals surface area contributed by atoms with Crippen LogP contribution in [0.2, 0.25) is 18.1 Å². The van der Waals surface area contributed by atoms with E-state index in [1.54, 1.807) is 107 Å². The average Bonchev–Trinajstić information content (AvgIpc) is 3.35. The van der Waals surface area contributed by atoms with Gasteiger partial charge in [0.15, 0.2) is 26.1 Å². The smallest absolute Gasteiger partial charge is 0.338 e. The molecule has 3 aromatic rings. The second-order valence-electron chi connectivity index (χ2n) is 22.5. The Morgan fingerprint density at radius 2 is 1.43 bits per heavy atom. The highest BCUT2D eigenvalue weighted by molar-refractivity contribution is 6.74. The summed E-state index contributed by atoms with van der Waals surface area (Å²) in [6.45, 7) is 19.3. The number of fused-ring (bicyclic) bond motifs is 5. The van der Waals surface area contributed by atoms with E-state index in [2.05, 4.69) is 5.32 Å². The van der Waals surface area contributed by atoms with Crippen LogP contribution in [0.3, 0.4) is 0 Å². The number of benzene rings is 3. The molecule has 16 nitrogen and oxygen atoms in total. The Morgan fingerprint density at radius 3 is 1.97 bits per heavy atom. The van der Waals surface area contributed by atoms with Gasteiger partial charge in [0.05, 0.1) is 42.4 Å². The highest BCUT2D eigenvalue weighted by Crippen LogP contribution is 2.65. The van der Waals surface area contributed by atoms with Gasteiger partial charge in [-0.25, -0.2) is 9.59 Å². The number of halogens is 1. The highest BCUT2D eigenvalue weighted by atomic mass is 35.5. The average molecular weight is 1070 g/mol. The molecule has 3 fully saturated rings. The van der Waals surface area contributed by atoms with Crippen molar-refractivity contribution >= 4 is 61.5 Å². The molecule has 2 bridgehead atoms. The molecule has 1 amide bonds. The van der Waals surface area contributed by atoms with E-state index in [9.17, 15) is 29.1 Å². The summed E-state index contributed by atoms with van der Waals surface area (Å²) < 4.78 is 43.8. The molecule has 1 unspecified atom stereocenters. The standard InChI is InChI=1S/C57H70ClNO15Si/c1-33-39(70-52(66)46(74-75(10,11)53(4,5)6)45(36-21-15-12-16-22-36)59-50(64)37-23-17-13-18-24-37)30-57(67)49(72-51(65)38-25-19-14-20-26-38)47-55(9,48(63)34(2)44(33)54(57,7)8)40(71-43(62)28-27-42(61)69-32-58)29-41-56(47,31-68-41)73-35(3)60/h12-26,34,39-41,45-47,49,67H,27-32H2,1-11H3,(H,59,64)/t34-,39+,40+,41?,45+,46-,47+,49+,55-,56+,57-/m1/s1. The summed E-state index contributed by atoms with van der Waals surface area (Å²) in [6.07, 6.45) is -8.40. The van der Waals surface area contributed by atoms with Crippen LogP contribution in [0.25, 0.3) is 0 Å². The first-order chi connectivity index (χ1) is 35.1. The van der Waals surface area contributed by atoms with Crippen LogP contribution < -0.4 is 5.32 Å². The Kier molecular flexibility index (Phi) is 16.5. The van der Waals surface area contributed by atoms with Crippen molar-refractivity contribution in [3.8, 4) is 0 Å². The van der Waals surface area contributed by atoms with E-state index in [-0.39, 0.29) is 25.0 Å². The molecule has 2 saturated carbocycles. The lowest BCUT2D eigenvalue weighted by atomic mass is 9.43. The zero-order chi connectivity index (χ0) is 55.1. The number of rotatable bonds is 16. The number of ketones is 1. The summed E-state index contributed by atoms with van der Waals surface area (Å²) in [5.74, 6) is -7.77. The SMILES string of the molecule is CC(=O)O[C@@]12COC1C[C@H](OC(=O)CCC(=O)OCCl)[C@@]1(C)C(=O)[C@H](C)C3=C(C)[C@@H](OC(=O)[C@H](O[Si](C)(C)C(C)(C)C)[C@@H](NC(=O)c4ccccc4)c4ccccc4)C[C@@](O)([C@@H](OC(=O)c4ccccc4)[C@@H]12)C3(C)C. The fourth-order valence-corrected chi connectivity index (χ4v) is 13.1. The Hall–Kier alpha value is -5.72. The summed E-state index contributed by atoms with van der Waals surface area (Å²) >= 11 is 5.58. The van der Waals surface area contributed by atoms with Gasteiger partial charge >= 0.3 is 29.8 Å². The normalized spacial score (nSPS) is 28.8. The van der Waals surface area contributed by atoms with Crippen LogP contribution in [0.15, 0.2) is 102 Å². The summed E-state index contributed by atoms with van der Waals surface area (Å²) in [5, 5.41) is 16.8. The third-order valence-corrected chi connectivity index (χ3v) is 21.3. The number of amides is 1. The molecule has 7 rings (SSSR count). The van der Waals surface area contributed by atoms with Gasteiger partial charge in [0, 0.05) is 36.7 Å². The molecule has 0 aromatic heterocycles. The van der Waals surface area contributed by atoms with Crippen LogP contribution in [-0.2, 0) is 56.8 Å². The van der Waals surface area contributed by atoms with Crippen LogP contribution in [-0.4, -0.2) is 109 Å². The van der Waals surface area contributed by atoms with E-state index in [1.165, 1.54) is 19.1 Å². The molecule has 0 spiro atoms. The van der Waals surface area contributed by atoms with Gasteiger partial charge in [0.25, 0.3) is 5.91 Å². The van der Waals surface area contributed by atoms with Crippen LogP contribution in [0, 0.1) is 22.7 Å². The van der Waals surface area contributed by atoms with E-state index >= 15 is 9.59 Å². The predicted octanol–water partition coefficient (Wildman–Crippen LogP) is 8.54. The van der Waals surface area contributed by atoms with E-state index in [1.807, 2.05) is 39.9 Å². The van der Waals surface area contributed by atoms with Crippen LogP contribution in [0.4, 0.5) is 0 Å². The van der Waals surface area contributed by atoms with Gasteiger partial charge in [-0.2, -0.15) is 0 Å². The monoisotopic (exact) mass is 1070 g/mol. The van der Waals surface area contributed by atoms with Crippen LogP contribution >= 0.6 is 11.6 Å². The maximum atomic E-state index is 16.1. The number of hydrogen-bond acceptors (Lipinski definition) is 15. The summed E-state index contributed by atoms with van der Waals surface area (Å²) in [7, 11) is -2.92. The van der Waals surface area contributed by atoms with Crippen molar-refractivity contribution in [2.24, 2.45) is 22.7 Å². The number of aliphatic hydroxyl groups is 1. The zero-order valence-corrected chi connectivity index (χ0v) is 46.3. The molecular weight excluding hydrogens is 1000 g/mol. The maximum absolute atomic E-state index is 16.1. The van der Waals surface area contributed by atoms with Gasteiger partial charge < -0.3 is 43.3 Å². The number of alkyl halides is 1. The van der Waals surface area contributed by atoms with E-state index in [4.69, 9.17) is 44.4 Å². The fraction of sp³-hybridized carbons (Fsp3) is 0.526. The Morgan fingerprint density at radius 1 is 0.853 bits per heavy atom. The van der Waals surface area contributed by atoms with Crippen LogP contribution in [0.1, 0.15) is 120 Å². The number of nitrogens with one attached hydrogen (secondary N) is 1. The first-order valence-corrected chi connectivity index (χ1v) is 28.8. The van der Waals surface area contributed by atoms with Gasteiger partial charge in [-0.05, 0) is 73.0 Å². The number of carbonyl (C=O) groups excluding carboxylic acids is 7. The summed E-state index contributed by atoms with van der Waals surface area (Å²) in [5.41, 5.74) is -5.67. The lowest BCUT2D eigenvalue weighted by molar-refractivity contribution is -0.346. The topological polar surface area (TPSA) is 216 Å². The van der Waals surface area contributed by atoms with E-state index < -0.39 is 144 Å². The predicted molar refractivity (Wildman–Crippen MR) is 277 cm³/mol. The van der Waals surface area contributed by atoms with Crippen molar-refractivity contribution < 1.29 is 71.5 Å². The number of hydrogen-bond donors (Lipinski definition) is 2. The summed E-state index contributed by atoms with van der Waals surface area (Å²) in [6, 6.07) is 24.0. The van der Waals surface area contributed by atoms with Crippen molar-refractivity contribution in [2.75, 3.05) is 12.7 Å². The van der Waals surface area contributed by atoms with Gasteiger partial charge in [0.2, 0.25) is 0 Å². The molecule has 1 heterocycles. The molecule has 18 heteroatoms. The number of carbonyl (C=O) groups is 7. The minimum absolute atomic E-state index is 0.0915. The molecule has 3 aliphatic carbocycles. The molecule has 1 aliphatic heterocycles. The molecular formula is C57H70ClNO15Si. The maximum Gasteiger partial charge on any atom is 0.338 e. The molecule has 75 heavy (non-hydrogen) atoms.